The van der Waals surface area contributed by atoms with Gasteiger partial charge in [0.25, 0.3) is 5.91 Å². The van der Waals surface area contributed by atoms with Gasteiger partial charge in [-0.1, -0.05) is 84.9 Å². The number of carbonyl (C=O) groups excluding carboxylic acids is 1. The zero-order valence-electron chi connectivity index (χ0n) is 36.4. The second-order valence-corrected chi connectivity index (χ2v) is 16.7. The molecule has 2 aromatic heterocycles. The number of anilines is 1. The Hall–Kier alpha value is -5.80. The number of nitrogens with one attached hydrogen (secondary N) is 1. The topological polar surface area (TPSA) is 163 Å². The molecule has 1 aliphatic rings. The number of carbonyl (C=O) groups is 1. The highest BCUT2D eigenvalue weighted by Crippen LogP contribution is 2.52. The van der Waals surface area contributed by atoms with Gasteiger partial charge in [0.05, 0.1) is 27.0 Å². The first-order chi connectivity index (χ1) is 30.6. The van der Waals surface area contributed by atoms with Gasteiger partial charge >= 0.3 is 8.53 Å². The Kier molecular flexibility index (Phi) is 14.8. The average Bonchev–Trinajstić information content (AvgIpc) is 3.87. The number of nitrogens with zero attached hydrogens (tertiary/aromatic N) is 6. The number of benzene rings is 4. The van der Waals surface area contributed by atoms with E-state index in [1.165, 1.54) is 10.8 Å². The third-order valence-electron chi connectivity index (χ3n) is 10.7. The Bertz CT molecular complexity index is 2370. The smallest absolute Gasteiger partial charge is 0.347 e. The molecule has 7 rings (SSSR count). The molecule has 0 saturated carbocycles. The Morgan fingerprint density at radius 2 is 1.48 bits per heavy atom. The summed E-state index contributed by atoms with van der Waals surface area (Å²) in [6.45, 7) is 10.1. The van der Waals surface area contributed by atoms with Crippen LogP contribution in [0.3, 0.4) is 0 Å². The van der Waals surface area contributed by atoms with Gasteiger partial charge in [-0.05, 0) is 87.2 Å². The zero-order chi connectivity index (χ0) is 44.5. The Labute approximate surface area is 368 Å². The summed E-state index contributed by atoms with van der Waals surface area (Å²) in [4.78, 5) is 22.2. The van der Waals surface area contributed by atoms with Crippen LogP contribution in [0, 0.1) is 0 Å². The summed E-state index contributed by atoms with van der Waals surface area (Å²) < 4.78 is 41.7. The van der Waals surface area contributed by atoms with Gasteiger partial charge in [0.15, 0.2) is 5.65 Å². The number of ether oxygens (including phenoxy) is 4. The fourth-order valence-corrected chi connectivity index (χ4v) is 9.32. The maximum atomic E-state index is 13.2. The number of methoxy groups -OCH3 is 2. The molecule has 6 aromatic rings. The number of hydrogen-bond donors (Lipinski definition) is 2. The van der Waals surface area contributed by atoms with Gasteiger partial charge in [0.2, 0.25) is 5.95 Å². The van der Waals surface area contributed by atoms with Gasteiger partial charge in [-0.25, -0.2) is 14.6 Å². The van der Waals surface area contributed by atoms with E-state index in [9.17, 15) is 9.90 Å². The number of rotatable bonds is 19. The number of aliphatic hydroxyl groups excluding tert-OH is 1. The van der Waals surface area contributed by atoms with Crippen LogP contribution in [0.5, 0.6) is 11.5 Å². The summed E-state index contributed by atoms with van der Waals surface area (Å²) in [5.41, 5.74) is 2.56. The van der Waals surface area contributed by atoms with Crippen molar-refractivity contribution in [3.05, 3.63) is 150 Å². The van der Waals surface area contributed by atoms with Gasteiger partial charge in [0.1, 0.15) is 47.8 Å². The Morgan fingerprint density at radius 1 is 0.889 bits per heavy atom. The lowest BCUT2D eigenvalue weighted by Crippen LogP contribution is -2.41. The minimum atomic E-state index is -1.90. The van der Waals surface area contributed by atoms with Crippen LogP contribution in [0.4, 0.5) is 5.95 Å². The standard InChI is InChI=1S/C47H54N7O8P/c1-8-27-51-62-63(54(31(2)3)32(4)5)61-43-41(55)40(60-42(43)39-28-50-53-44(39)48-30-49-46(53)52-45(56)33-15-11-9-12-16-33)29-59-47(34-17-13-10-14-18-34,35-19-23-37(57-6)24-20-35)36-21-25-38(58-7)26-22-36/h9-28,30-32,40-43,55H,8,29H2,1-7H3,(H,48,49,52,56)/b51-27+. The second kappa shape index (κ2) is 20.6. The van der Waals surface area contributed by atoms with E-state index in [1.807, 2.05) is 91.9 Å². The van der Waals surface area contributed by atoms with E-state index in [-0.39, 0.29) is 30.5 Å². The van der Waals surface area contributed by atoms with Crippen LogP contribution < -0.4 is 14.8 Å². The van der Waals surface area contributed by atoms with Crippen LogP contribution in [0.15, 0.2) is 127 Å². The molecule has 0 bridgehead atoms. The van der Waals surface area contributed by atoms with Gasteiger partial charge in [0, 0.05) is 29.4 Å². The molecule has 3 heterocycles. The van der Waals surface area contributed by atoms with Crippen molar-refractivity contribution in [2.45, 2.75) is 83.1 Å². The molecule has 2 N–H and O–H groups in total. The molecule has 16 heteroatoms. The van der Waals surface area contributed by atoms with Crippen LogP contribution in [-0.4, -0.2) is 92.7 Å². The first-order valence-electron chi connectivity index (χ1n) is 20.9. The summed E-state index contributed by atoms with van der Waals surface area (Å²) in [6.07, 6.45) is 1.07. The van der Waals surface area contributed by atoms with Crippen molar-refractivity contribution in [3.63, 3.8) is 0 Å². The molecule has 63 heavy (non-hydrogen) atoms. The van der Waals surface area contributed by atoms with Crippen molar-refractivity contribution in [2.24, 2.45) is 5.16 Å². The van der Waals surface area contributed by atoms with E-state index in [0.717, 1.165) is 16.7 Å². The fourth-order valence-electron chi connectivity index (χ4n) is 7.75. The van der Waals surface area contributed by atoms with Gasteiger partial charge in [-0.15, -0.1) is 0 Å². The number of hydrogen-bond acceptors (Lipinski definition) is 13. The van der Waals surface area contributed by atoms with Crippen LogP contribution in [0.1, 0.15) is 79.8 Å². The summed E-state index contributed by atoms with van der Waals surface area (Å²) in [5.74, 6) is 1.15. The van der Waals surface area contributed by atoms with Gasteiger partial charge in [-0.2, -0.15) is 9.61 Å². The number of aromatic nitrogens is 4. The lowest BCUT2D eigenvalue weighted by atomic mass is 9.80. The lowest BCUT2D eigenvalue weighted by molar-refractivity contribution is -0.0826. The molecule has 4 aromatic carbocycles. The monoisotopic (exact) mass is 875 g/mol. The van der Waals surface area contributed by atoms with Crippen LogP contribution in [0.25, 0.3) is 5.65 Å². The van der Waals surface area contributed by atoms with Crippen molar-refractivity contribution in [2.75, 3.05) is 26.1 Å². The maximum Gasteiger partial charge on any atom is 0.347 e. The first kappa shape index (κ1) is 45.2. The molecule has 1 saturated heterocycles. The number of oxime groups is 1. The molecule has 15 nitrogen and oxygen atoms in total. The number of amides is 1. The van der Waals surface area contributed by atoms with E-state index >= 15 is 0 Å². The summed E-state index contributed by atoms with van der Waals surface area (Å²) in [5, 5.41) is 24.2. The number of fused-ring (bicyclic) bond motifs is 1. The predicted molar refractivity (Wildman–Crippen MR) is 241 cm³/mol. The molecule has 1 amide bonds. The van der Waals surface area contributed by atoms with Crippen molar-refractivity contribution < 1.29 is 38.0 Å². The van der Waals surface area contributed by atoms with Crippen molar-refractivity contribution in [1.82, 2.24) is 24.3 Å². The van der Waals surface area contributed by atoms with Crippen LogP contribution in [0.2, 0.25) is 0 Å². The molecule has 0 aliphatic carbocycles. The van der Waals surface area contributed by atoms with Crippen molar-refractivity contribution >= 4 is 32.2 Å². The highest BCUT2D eigenvalue weighted by Gasteiger charge is 2.51. The van der Waals surface area contributed by atoms with E-state index in [0.29, 0.717) is 34.7 Å². The Morgan fingerprint density at radius 3 is 2.05 bits per heavy atom. The average molecular weight is 876 g/mol. The highest BCUT2D eigenvalue weighted by molar-refractivity contribution is 7.44. The molecular formula is C47H54N7O8P. The summed E-state index contributed by atoms with van der Waals surface area (Å²) in [6, 6.07) is 34.1. The van der Waals surface area contributed by atoms with Gasteiger partial charge in [-0.3, -0.25) is 10.1 Å². The third kappa shape index (κ3) is 9.74. The van der Waals surface area contributed by atoms with Crippen LogP contribution >= 0.6 is 8.53 Å². The van der Waals surface area contributed by atoms with E-state index in [1.54, 1.807) is 50.9 Å². The molecule has 5 atom stereocenters. The zero-order valence-corrected chi connectivity index (χ0v) is 37.3. The quantitative estimate of drug-likeness (QED) is 0.0347. The fraction of sp³-hybridized carbons (Fsp3) is 0.340. The number of aliphatic hydroxyl groups is 1. The first-order valence-corrected chi connectivity index (χ1v) is 22.0. The summed E-state index contributed by atoms with van der Waals surface area (Å²) >= 11 is 0. The summed E-state index contributed by atoms with van der Waals surface area (Å²) in [7, 11) is 1.35. The van der Waals surface area contributed by atoms with E-state index in [2.05, 4.69) is 57.9 Å². The molecule has 1 fully saturated rings. The molecule has 330 valence electrons. The van der Waals surface area contributed by atoms with Gasteiger partial charge < -0.3 is 33.2 Å². The normalized spacial score (nSPS) is 18.4. The maximum absolute atomic E-state index is 13.2. The highest BCUT2D eigenvalue weighted by atomic mass is 31.2. The molecule has 0 radical (unpaired) electrons. The molecule has 0 spiro atoms. The molecular weight excluding hydrogens is 822 g/mol. The van der Waals surface area contributed by atoms with Crippen LogP contribution in [-0.2, 0) is 24.2 Å². The predicted octanol–water partition coefficient (Wildman–Crippen LogP) is 8.35. The Balaban J connectivity index is 1.30. The molecule has 1 aliphatic heterocycles. The van der Waals surface area contributed by atoms with Crippen molar-refractivity contribution in [3.8, 4) is 11.5 Å². The largest absolute Gasteiger partial charge is 0.497 e. The van der Waals surface area contributed by atoms with Crippen molar-refractivity contribution in [1.29, 1.82) is 0 Å². The van der Waals surface area contributed by atoms with E-state index in [4.69, 9.17) is 28.1 Å². The second-order valence-electron chi connectivity index (χ2n) is 15.4. The minimum absolute atomic E-state index is 0.00836. The third-order valence-corrected chi connectivity index (χ3v) is 12.7. The molecule has 5 unspecified atom stereocenters. The lowest BCUT2D eigenvalue weighted by Gasteiger charge is -2.37. The minimum Gasteiger partial charge on any atom is -0.497 e. The SMILES string of the molecule is CC/C=N/OP(OC1C(c2cnn3c(NC(=O)c4ccccc4)ncnc23)OC(COC(c2ccccc2)(c2ccc(OC)cc2)c2ccc(OC)cc2)C1O)N(C(C)C)C(C)C. The van der Waals surface area contributed by atoms with E-state index < -0.39 is 38.5 Å².